The van der Waals surface area contributed by atoms with Gasteiger partial charge in [-0.15, -0.1) is 0 Å². The summed E-state index contributed by atoms with van der Waals surface area (Å²) < 4.78 is 6.32. The molecule has 0 aromatic heterocycles. The van der Waals surface area contributed by atoms with Crippen molar-refractivity contribution in [2.75, 3.05) is 0 Å². The first-order chi connectivity index (χ1) is 8.13. The van der Waals surface area contributed by atoms with Crippen LogP contribution in [0.2, 0.25) is 18.6 Å². The molecule has 2 heteroatoms. The van der Waals surface area contributed by atoms with Gasteiger partial charge in [0.2, 0.25) is 8.32 Å². The van der Waals surface area contributed by atoms with Crippen LogP contribution in [0.4, 0.5) is 0 Å². The predicted molar refractivity (Wildman–Crippen MR) is 79.0 cm³/mol. The van der Waals surface area contributed by atoms with Crippen LogP contribution < -0.4 is 4.43 Å². The molecule has 0 aliphatic heterocycles. The van der Waals surface area contributed by atoms with E-state index in [1.54, 1.807) is 0 Å². The Morgan fingerprint density at radius 1 is 1.24 bits per heavy atom. The van der Waals surface area contributed by atoms with Crippen molar-refractivity contribution in [2.24, 2.45) is 0 Å². The fourth-order valence-electron chi connectivity index (χ4n) is 2.27. The van der Waals surface area contributed by atoms with Crippen LogP contribution >= 0.6 is 0 Å². The third-order valence-electron chi connectivity index (χ3n) is 3.02. The van der Waals surface area contributed by atoms with E-state index >= 15 is 0 Å². The Hall–Kier alpha value is -1.02. The lowest BCUT2D eigenvalue weighted by molar-refractivity contribution is 0.532. The minimum Gasteiger partial charge on any atom is -0.544 e. The lowest BCUT2D eigenvalue weighted by Gasteiger charge is -2.28. The largest absolute Gasteiger partial charge is 0.544 e. The first-order valence-electron chi connectivity index (χ1n) is 6.55. The molecule has 0 aliphatic carbocycles. The van der Waals surface area contributed by atoms with Crippen molar-refractivity contribution in [3.05, 3.63) is 36.4 Å². The molecule has 1 rings (SSSR count). The van der Waals surface area contributed by atoms with Crippen molar-refractivity contribution in [2.45, 2.75) is 45.3 Å². The number of rotatable bonds is 7. The molecule has 1 nitrogen and oxygen atoms in total. The van der Waals surface area contributed by atoms with Crippen molar-refractivity contribution in [3.63, 3.8) is 0 Å². The summed E-state index contributed by atoms with van der Waals surface area (Å²) in [5.74, 6) is 1.01. The lowest BCUT2D eigenvalue weighted by atomic mass is 10.2. The molecule has 0 radical (unpaired) electrons. The van der Waals surface area contributed by atoms with Gasteiger partial charge in [0, 0.05) is 0 Å². The van der Waals surface area contributed by atoms with Crippen LogP contribution in [0.25, 0.3) is 6.08 Å². The van der Waals surface area contributed by atoms with E-state index in [2.05, 4.69) is 45.2 Å². The number of hydrogen-bond acceptors (Lipinski definition) is 1. The van der Waals surface area contributed by atoms with Gasteiger partial charge in [0.1, 0.15) is 5.75 Å². The summed E-state index contributed by atoms with van der Waals surface area (Å²) in [6.07, 6.45) is 4.29. The smallest absolute Gasteiger partial charge is 0.248 e. The molecule has 0 heterocycles. The normalized spacial score (nSPS) is 11.2. The quantitative estimate of drug-likeness (QED) is 0.610. The average molecular weight is 248 g/mol. The molecule has 0 aliphatic rings. The maximum atomic E-state index is 6.32. The Morgan fingerprint density at radius 3 is 2.41 bits per heavy atom. The molecule has 0 spiro atoms. The highest BCUT2D eigenvalue weighted by atomic mass is 28.4. The number of benzene rings is 1. The molecule has 0 saturated heterocycles. The zero-order chi connectivity index (χ0) is 12.7. The Bertz CT molecular complexity index is 354. The van der Waals surface area contributed by atoms with E-state index in [-0.39, 0.29) is 0 Å². The third-order valence-corrected chi connectivity index (χ3v) is 6.86. The molecule has 0 fully saturated rings. The topological polar surface area (TPSA) is 9.23 Å². The highest BCUT2D eigenvalue weighted by Gasteiger charge is 2.28. The molecule has 1 aromatic rings. The fourth-order valence-corrected chi connectivity index (χ4v) is 5.54. The van der Waals surface area contributed by atoms with Gasteiger partial charge in [-0.1, -0.05) is 51.5 Å². The maximum absolute atomic E-state index is 6.32. The van der Waals surface area contributed by atoms with Crippen LogP contribution in [-0.2, 0) is 0 Å². The summed E-state index contributed by atoms with van der Waals surface area (Å²) >= 11 is 0. The summed E-state index contributed by atoms with van der Waals surface area (Å²) in [6.45, 7) is 10.6. The summed E-state index contributed by atoms with van der Waals surface area (Å²) in [4.78, 5) is 0. The summed E-state index contributed by atoms with van der Waals surface area (Å²) in [6, 6.07) is 10.7. The van der Waals surface area contributed by atoms with E-state index in [1.165, 1.54) is 24.9 Å². The second kappa shape index (κ2) is 6.65. The zero-order valence-corrected chi connectivity index (χ0v) is 12.3. The van der Waals surface area contributed by atoms with Gasteiger partial charge in [-0.2, -0.15) is 0 Å². The highest BCUT2D eigenvalue weighted by molar-refractivity contribution is 6.73. The first-order valence-corrected chi connectivity index (χ1v) is 9.37. The Kier molecular flexibility index (Phi) is 5.49. The SMILES string of the molecule is C=Cc1cccc(O[Si](C)(CCC)CCC)c1. The van der Waals surface area contributed by atoms with Gasteiger partial charge in [-0.05, 0) is 36.3 Å². The van der Waals surface area contributed by atoms with Crippen molar-refractivity contribution in [3.8, 4) is 5.75 Å². The minimum absolute atomic E-state index is 1.01. The molecular formula is C15H24OSi. The van der Waals surface area contributed by atoms with Crippen LogP contribution in [0.3, 0.4) is 0 Å². The standard InChI is InChI=1S/C15H24OSi/c1-5-11-17(4,12-6-2)16-15-10-8-9-14(7-3)13-15/h7-10,13H,3,5-6,11-12H2,1-2,4H3. The second-order valence-electron chi connectivity index (χ2n) is 4.83. The maximum Gasteiger partial charge on any atom is 0.248 e. The van der Waals surface area contributed by atoms with Crippen LogP contribution in [0.15, 0.2) is 30.8 Å². The van der Waals surface area contributed by atoms with Crippen molar-refractivity contribution in [1.29, 1.82) is 0 Å². The average Bonchev–Trinajstić information content (AvgIpc) is 2.29. The molecule has 94 valence electrons. The van der Waals surface area contributed by atoms with Gasteiger partial charge in [-0.25, -0.2) is 0 Å². The number of hydrogen-bond donors (Lipinski definition) is 0. The van der Waals surface area contributed by atoms with Crippen LogP contribution in [0, 0.1) is 0 Å². The van der Waals surface area contributed by atoms with Gasteiger partial charge in [-0.3, -0.25) is 0 Å². The van der Waals surface area contributed by atoms with E-state index in [9.17, 15) is 0 Å². The van der Waals surface area contributed by atoms with Gasteiger partial charge >= 0.3 is 0 Å². The van der Waals surface area contributed by atoms with Crippen molar-refractivity contribution >= 4 is 14.4 Å². The molecule has 0 unspecified atom stereocenters. The molecule has 0 amide bonds. The molecule has 0 atom stereocenters. The van der Waals surface area contributed by atoms with Crippen molar-refractivity contribution < 1.29 is 4.43 Å². The van der Waals surface area contributed by atoms with E-state index in [4.69, 9.17) is 4.43 Å². The van der Waals surface area contributed by atoms with Gasteiger partial charge in [0.25, 0.3) is 0 Å². The highest BCUT2D eigenvalue weighted by Crippen LogP contribution is 2.25. The Labute approximate surface area is 107 Å². The lowest BCUT2D eigenvalue weighted by Crippen LogP contribution is -2.37. The third kappa shape index (κ3) is 4.39. The van der Waals surface area contributed by atoms with Gasteiger partial charge in [0.05, 0.1) is 0 Å². The summed E-state index contributed by atoms with van der Waals surface area (Å²) in [7, 11) is -1.56. The summed E-state index contributed by atoms with van der Waals surface area (Å²) in [5, 5.41) is 0. The predicted octanol–water partition coefficient (Wildman–Crippen LogP) is 5.10. The fraction of sp³-hybridized carbons (Fsp3) is 0.467. The van der Waals surface area contributed by atoms with Crippen LogP contribution in [-0.4, -0.2) is 8.32 Å². The zero-order valence-electron chi connectivity index (χ0n) is 11.3. The monoisotopic (exact) mass is 248 g/mol. The minimum atomic E-state index is -1.56. The summed E-state index contributed by atoms with van der Waals surface area (Å²) in [5.41, 5.74) is 1.13. The van der Waals surface area contributed by atoms with Crippen LogP contribution in [0.5, 0.6) is 5.75 Å². The molecule has 17 heavy (non-hydrogen) atoms. The van der Waals surface area contributed by atoms with Crippen LogP contribution in [0.1, 0.15) is 32.3 Å². The molecule has 0 saturated carbocycles. The van der Waals surface area contributed by atoms with E-state index < -0.39 is 8.32 Å². The molecular weight excluding hydrogens is 224 g/mol. The van der Waals surface area contributed by atoms with Crippen molar-refractivity contribution in [1.82, 2.24) is 0 Å². The molecule has 1 aromatic carbocycles. The first kappa shape index (κ1) is 14.0. The molecule has 0 bridgehead atoms. The Balaban J connectivity index is 2.81. The van der Waals surface area contributed by atoms with Gasteiger partial charge in [0.15, 0.2) is 0 Å². The van der Waals surface area contributed by atoms with E-state index in [0.717, 1.165) is 11.3 Å². The van der Waals surface area contributed by atoms with E-state index in [1.807, 2.05) is 12.1 Å². The molecule has 0 N–H and O–H groups in total. The Morgan fingerprint density at radius 2 is 1.88 bits per heavy atom. The second-order valence-corrected chi connectivity index (χ2v) is 8.93. The van der Waals surface area contributed by atoms with E-state index in [0.29, 0.717) is 0 Å². The van der Waals surface area contributed by atoms with Gasteiger partial charge < -0.3 is 4.43 Å².